The highest BCUT2D eigenvalue weighted by molar-refractivity contribution is 9.09. The zero-order valence-corrected chi connectivity index (χ0v) is 10.2. The van der Waals surface area contributed by atoms with Crippen LogP contribution in [0.5, 0.6) is 0 Å². The molecule has 1 aromatic heterocycles. The van der Waals surface area contributed by atoms with E-state index in [0.717, 1.165) is 18.4 Å². The van der Waals surface area contributed by atoms with E-state index in [-0.39, 0.29) is 0 Å². The van der Waals surface area contributed by atoms with Gasteiger partial charge in [0.1, 0.15) is 0 Å². The molecule has 0 aliphatic heterocycles. The van der Waals surface area contributed by atoms with E-state index >= 15 is 0 Å². The monoisotopic (exact) mass is 256 g/mol. The summed E-state index contributed by atoms with van der Waals surface area (Å²) in [7, 11) is 2.15. The predicted molar refractivity (Wildman–Crippen MR) is 63.6 cm³/mol. The summed E-state index contributed by atoms with van der Waals surface area (Å²) in [5, 5.41) is 1.10. The summed E-state index contributed by atoms with van der Waals surface area (Å²) >= 11 is 3.44. The van der Waals surface area contributed by atoms with Crippen molar-refractivity contribution in [3.63, 3.8) is 0 Å². The number of nitrogens with zero attached hydrogens (tertiary/aromatic N) is 2. The molecular formula is C11H17BrN2. The molecule has 0 aliphatic rings. The molecule has 0 aliphatic carbocycles. The third kappa shape index (κ3) is 4.72. The van der Waals surface area contributed by atoms with Crippen molar-refractivity contribution in [2.45, 2.75) is 19.4 Å². The smallest absolute Gasteiger partial charge is 0.0312 e. The summed E-state index contributed by atoms with van der Waals surface area (Å²) in [5.41, 5.74) is 1.29. The lowest BCUT2D eigenvalue weighted by Gasteiger charge is -2.15. The van der Waals surface area contributed by atoms with E-state index < -0.39 is 0 Å². The molecule has 0 fully saturated rings. The molecule has 2 nitrogen and oxygen atoms in total. The molecule has 1 rings (SSSR count). The van der Waals surface area contributed by atoms with E-state index in [0.29, 0.717) is 0 Å². The van der Waals surface area contributed by atoms with Crippen LogP contribution >= 0.6 is 15.9 Å². The van der Waals surface area contributed by atoms with E-state index in [1.165, 1.54) is 18.4 Å². The fourth-order valence-electron chi connectivity index (χ4n) is 1.36. The first-order valence-electron chi connectivity index (χ1n) is 4.96. The Balaban J connectivity index is 2.23. The summed E-state index contributed by atoms with van der Waals surface area (Å²) in [4.78, 5) is 6.43. The number of hydrogen-bond donors (Lipinski definition) is 0. The van der Waals surface area contributed by atoms with E-state index in [2.05, 4.69) is 38.9 Å². The second-order valence-electron chi connectivity index (χ2n) is 3.50. The minimum Gasteiger partial charge on any atom is -0.302 e. The molecule has 0 aromatic carbocycles. The molecule has 0 amide bonds. The van der Waals surface area contributed by atoms with Gasteiger partial charge in [-0.1, -0.05) is 22.0 Å². The van der Waals surface area contributed by atoms with Crippen LogP contribution in [-0.4, -0.2) is 28.8 Å². The molecule has 0 N–H and O–H groups in total. The largest absolute Gasteiger partial charge is 0.302 e. The number of alkyl halides is 1. The Morgan fingerprint density at radius 1 is 1.43 bits per heavy atom. The van der Waals surface area contributed by atoms with Gasteiger partial charge in [-0.2, -0.15) is 0 Å². The third-order valence-electron chi connectivity index (χ3n) is 2.10. The predicted octanol–water partition coefficient (Wildman–Crippen LogP) is 2.69. The van der Waals surface area contributed by atoms with E-state index in [1.54, 1.807) is 0 Å². The van der Waals surface area contributed by atoms with Crippen molar-refractivity contribution in [3.8, 4) is 0 Å². The Morgan fingerprint density at radius 2 is 2.29 bits per heavy atom. The standard InChI is InChI=1S/C11H17BrN2/c1-14(8-3-2-6-12)10-11-5-4-7-13-9-11/h4-5,7,9H,2-3,6,8,10H2,1H3. The Bertz CT molecular complexity index is 238. The summed E-state index contributed by atoms with van der Waals surface area (Å²) in [6.07, 6.45) is 6.24. The Labute approximate surface area is 94.5 Å². The molecular weight excluding hydrogens is 240 g/mol. The molecule has 3 heteroatoms. The molecule has 1 aromatic rings. The maximum absolute atomic E-state index is 4.10. The molecule has 0 atom stereocenters. The highest BCUT2D eigenvalue weighted by Gasteiger charge is 1.99. The lowest BCUT2D eigenvalue weighted by molar-refractivity contribution is 0.321. The fourth-order valence-corrected chi connectivity index (χ4v) is 1.76. The van der Waals surface area contributed by atoms with Gasteiger partial charge in [0.25, 0.3) is 0 Å². The van der Waals surface area contributed by atoms with Crippen molar-refractivity contribution < 1.29 is 0 Å². The minimum atomic E-state index is 0.996. The number of halogens is 1. The summed E-state index contributed by atoms with van der Waals surface area (Å²) in [6.45, 7) is 2.15. The first-order valence-corrected chi connectivity index (χ1v) is 6.08. The number of unbranched alkanes of at least 4 members (excludes halogenated alkanes) is 1. The van der Waals surface area contributed by atoms with Crippen LogP contribution in [0.4, 0.5) is 0 Å². The van der Waals surface area contributed by atoms with Crippen LogP contribution in [0.2, 0.25) is 0 Å². The van der Waals surface area contributed by atoms with Crippen LogP contribution < -0.4 is 0 Å². The highest BCUT2D eigenvalue weighted by atomic mass is 79.9. The van der Waals surface area contributed by atoms with Crippen molar-refractivity contribution in [1.82, 2.24) is 9.88 Å². The maximum Gasteiger partial charge on any atom is 0.0312 e. The van der Waals surface area contributed by atoms with Crippen molar-refractivity contribution in [2.24, 2.45) is 0 Å². The topological polar surface area (TPSA) is 16.1 Å². The quantitative estimate of drug-likeness (QED) is 0.575. The summed E-state index contributed by atoms with van der Waals surface area (Å²) in [5.74, 6) is 0. The molecule has 1 heterocycles. The van der Waals surface area contributed by atoms with Gasteiger partial charge in [-0.15, -0.1) is 0 Å². The molecule has 0 bridgehead atoms. The fraction of sp³-hybridized carbons (Fsp3) is 0.545. The van der Waals surface area contributed by atoms with Crippen LogP contribution in [0.3, 0.4) is 0 Å². The van der Waals surface area contributed by atoms with Crippen LogP contribution in [0, 0.1) is 0 Å². The van der Waals surface area contributed by atoms with Crippen LogP contribution in [0.1, 0.15) is 18.4 Å². The van der Waals surface area contributed by atoms with Crippen molar-refractivity contribution in [2.75, 3.05) is 18.9 Å². The second kappa shape index (κ2) is 6.96. The lowest BCUT2D eigenvalue weighted by Crippen LogP contribution is -2.19. The number of hydrogen-bond acceptors (Lipinski definition) is 2. The van der Waals surface area contributed by atoms with Crippen LogP contribution in [0.15, 0.2) is 24.5 Å². The molecule has 14 heavy (non-hydrogen) atoms. The molecule has 0 spiro atoms. The van der Waals surface area contributed by atoms with Gasteiger partial charge in [0, 0.05) is 24.3 Å². The average molecular weight is 257 g/mol. The molecule has 78 valence electrons. The van der Waals surface area contributed by atoms with Crippen LogP contribution in [-0.2, 0) is 6.54 Å². The van der Waals surface area contributed by atoms with Crippen molar-refractivity contribution >= 4 is 15.9 Å². The van der Waals surface area contributed by atoms with Gasteiger partial charge in [0.15, 0.2) is 0 Å². The average Bonchev–Trinajstić information content (AvgIpc) is 2.20. The van der Waals surface area contributed by atoms with Gasteiger partial charge >= 0.3 is 0 Å². The SMILES string of the molecule is CN(CCCCBr)Cc1cccnc1. The summed E-state index contributed by atoms with van der Waals surface area (Å²) in [6, 6.07) is 4.11. The molecule has 0 unspecified atom stereocenters. The zero-order chi connectivity index (χ0) is 10.2. The maximum atomic E-state index is 4.10. The Hall–Kier alpha value is -0.410. The number of rotatable bonds is 6. The number of aromatic nitrogens is 1. The first-order chi connectivity index (χ1) is 6.83. The Morgan fingerprint density at radius 3 is 2.93 bits per heavy atom. The molecule has 0 saturated carbocycles. The van der Waals surface area contributed by atoms with Gasteiger partial charge < -0.3 is 4.90 Å². The van der Waals surface area contributed by atoms with Crippen molar-refractivity contribution in [1.29, 1.82) is 0 Å². The van der Waals surface area contributed by atoms with Crippen molar-refractivity contribution in [3.05, 3.63) is 30.1 Å². The van der Waals surface area contributed by atoms with E-state index in [9.17, 15) is 0 Å². The highest BCUT2D eigenvalue weighted by Crippen LogP contribution is 2.02. The second-order valence-corrected chi connectivity index (χ2v) is 4.29. The van der Waals surface area contributed by atoms with E-state index in [1.807, 2.05) is 18.5 Å². The third-order valence-corrected chi connectivity index (χ3v) is 2.66. The normalized spacial score (nSPS) is 10.8. The molecule has 0 saturated heterocycles. The summed E-state index contributed by atoms with van der Waals surface area (Å²) < 4.78 is 0. The van der Waals surface area contributed by atoms with Gasteiger partial charge in [-0.05, 0) is 38.1 Å². The molecule has 0 radical (unpaired) electrons. The minimum absolute atomic E-state index is 0.996. The van der Waals surface area contributed by atoms with Gasteiger partial charge in [-0.3, -0.25) is 4.98 Å². The van der Waals surface area contributed by atoms with Gasteiger partial charge in [0.05, 0.1) is 0 Å². The first kappa shape index (κ1) is 11.7. The zero-order valence-electron chi connectivity index (χ0n) is 8.62. The van der Waals surface area contributed by atoms with E-state index in [4.69, 9.17) is 0 Å². The number of pyridine rings is 1. The van der Waals surface area contributed by atoms with Gasteiger partial charge in [0.2, 0.25) is 0 Å². The Kier molecular flexibility index (Phi) is 5.80. The van der Waals surface area contributed by atoms with Crippen LogP contribution in [0.25, 0.3) is 0 Å². The van der Waals surface area contributed by atoms with Gasteiger partial charge in [-0.25, -0.2) is 0 Å². The lowest BCUT2D eigenvalue weighted by atomic mass is 10.2.